The van der Waals surface area contributed by atoms with Gasteiger partial charge < -0.3 is 14.8 Å². The average Bonchev–Trinajstić information content (AvgIpc) is 2.65. The Hall–Kier alpha value is -1.10. The van der Waals surface area contributed by atoms with Crippen LogP contribution >= 0.6 is 11.8 Å². The van der Waals surface area contributed by atoms with Gasteiger partial charge >= 0.3 is 5.97 Å². The van der Waals surface area contributed by atoms with Crippen LogP contribution in [0, 0.1) is 0 Å². The van der Waals surface area contributed by atoms with Gasteiger partial charge in [-0.1, -0.05) is 6.92 Å². The molecule has 1 aromatic heterocycles. The summed E-state index contributed by atoms with van der Waals surface area (Å²) in [5.41, 5.74) is 0. The Bertz CT molecular complexity index is 324. The molecule has 0 aliphatic rings. The molecule has 0 aliphatic carbocycles. The van der Waals surface area contributed by atoms with Gasteiger partial charge in [-0.15, -0.1) is 0 Å². The molecular formula is C10H15NO3S. The zero-order valence-electron chi connectivity index (χ0n) is 8.82. The Kier molecular flexibility index (Phi) is 4.55. The molecule has 0 aromatic carbocycles. The van der Waals surface area contributed by atoms with E-state index in [0.717, 1.165) is 12.2 Å². The SMILES string of the molecule is CCC(CSC)Nc1ccc(C(=O)O)o1. The first-order valence-electron chi connectivity index (χ1n) is 4.76. The number of carboxylic acid groups (broad SMARTS) is 1. The number of furan rings is 1. The summed E-state index contributed by atoms with van der Waals surface area (Å²) in [5, 5.41) is 11.8. The summed E-state index contributed by atoms with van der Waals surface area (Å²) in [4.78, 5) is 10.6. The Morgan fingerprint density at radius 3 is 2.87 bits per heavy atom. The maximum Gasteiger partial charge on any atom is 0.371 e. The number of nitrogens with one attached hydrogen (secondary N) is 1. The highest BCUT2D eigenvalue weighted by Crippen LogP contribution is 2.16. The second kappa shape index (κ2) is 5.70. The lowest BCUT2D eigenvalue weighted by Gasteiger charge is -2.14. The van der Waals surface area contributed by atoms with Crippen LogP contribution in [0.3, 0.4) is 0 Å². The Labute approximate surface area is 93.0 Å². The smallest absolute Gasteiger partial charge is 0.371 e. The van der Waals surface area contributed by atoms with Crippen LogP contribution in [0.15, 0.2) is 16.5 Å². The molecular weight excluding hydrogens is 214 g/mol. The quantitative estimate of drug-likeness (QED) is 0.784. The van der Waals surface area contributed by atoms with E-state index in [9.17, 15) is 4.79 Å². The molecule has 1 atom stereocenters. The van der Waals surface area contributed by atoms with E-state index in [1.165, 1.54) is 6.07 Å². The summed E-state index contributed by atoms with van der Waals surface area (Å²) in [5.74, 6) is 0.422. The number of carbonyl (C=O) groups is 1. The molecule has 0 spiro atoms. The van der Waals surface area contributed by atoms with Gasteiger partial charge in [0.1, 0.15) is 0 Å². The van der Waals surface area contributed by atoms with Crippen LogP contribution in [0.4, 0.5) is 5.88 Å². The van der Waals surface area contributed by atoms with Crippen molar-refractivity contribution in [3.8, 4) is 0 Å². The first-order chi connectivity index (χ1) is 7.17. The molecule has 84 valence electrons. The zero-order valence-corrected chi connectivity index (χ0v) is 9.63. The maximum absolute atomic E-state index is 10.6. The van der Waals surface area contributed by atoms with E-state index in [1.54, 1.807) is 17.8 Å². The second-order valence-electron chi connectivity index (χ2n) is 3.17. The molecule has 0 saturated heterocycles. The minimum atomic E-state index is -1.04. The molecule has 0 fully saturated rings. The molecule has 15 heavy (non-hydrogen) atoms. The van der Waals surface area contributed by atoms with Gasteiger partial charge in [-0.2, -0.15) is 11.8 Å². The Balaban J connectivity index is 2.59. The lowest BCUT2D eigenvalue weighted by atomic mass is 10.2. The predicted molar refractivity (Wildman–Crippen MR) is 61.8 cm³/mol. The molecule has 1 unspecified atom stereocenters. The van der Waals surface area contributed by atoms with E-state index in [4.69, 9.17) is 9.52 Å². The lowest BCUT2D eigenvalue weighted by Crippen LogP contribution is -2.20. The van der Waals surface area contributed by atoms with Crippen molar-refractivity contribution in [2.24, 2.45) is 0 Å². The van der Waals surface area contributed by atoms with Gasteiger partial charge in [0.2, 0.25) is 5.76 Å². The Morgan fingerprint density at radius 1 is 1.67 bits per heavy atom. The van der Waals surface area contributed by atoms with Crippen molar-refractivity contribution in [3.63, 3.8) is 0 Å². The third-order valence-electron chi connectivity index (χ3n) is 2.02. The average molecular weight is 229 g/mol. The number of hydrogen-bond donors (Lipinski definition) is 2. The topological polar surface area (TPSA) is 62.5 Å². The number of rotatable bonds is 6. The van der Waals surface area contributed by atoms with E-state index >= 15 is 0 Å². The van der Waals surface area contributed by atoms with Gasteiger partial charge in [0, 0.05) is 17.9 Å². The van der Waals surface area contributed by atoms with Crippen LogP contribution in [-0.2, 0) is 0 Å². The monoisotopic (exact) mass is 229 g/mol. The van der Waals surface area contributed by atoms with Crippen LogP contribution in [0.25, 0.3) is 0 Å². The fraction of sp³-hybridized carbons (Fsp3) is 0.500. The van der Waals surface area contributed by atoms with Gasteiger partial charge in [0.25, 0.3) is 0 Å². The number of aromatic carboxylic acids is 1. The van der Waals surface area contributed by atoms with Crippen LogP contribution in [-0.4, -0.2) is 29.1 Å². The van der Waals surface area contributed by atoms with Crippen molar-refractivity contribution in [2.75, 3.05) is 17.3 Å². The second-order valence-corrected chi connectivity index (χ2v) is 4.08. The fourth-order valence-electron chi connectivity index (χ4n) is 1.19. The molecule has 5 heteroatoms. The van der Waals surface area contributed by atoms with Gasteiger partial charge in [-0.25, -0.2) is 4.79 Å². The molecule has 1 aromatic rings. The van der Waals surface area contributed by atoms with Crippen molar-refractivity contribution in [2.45, 2.75) is 19.4 Å². The van der Waals surface area contributed by atoms with E-state index in [1.807, 2.05) is 6.26 Å². The molecule has 1 heterocycles. The molecule has 0 amide bonds. The summed E-state index contributed by atoms with van der Waals surface area (Å²) in [6.07, 6.45) is 3.01. The van der Waals surface area contributed by atoms with Crippen LogP contribution in [0.1, 0.15) is 23.9 Å². The molecule has 0 saturated carbocycles. The number of thioether (sulfide) groups is 1. The van der Waals surface area contributed by atoms with Gasteiger partial charge in [-0.05, 0) is 18.7 Å². The van der Waals surface area contributed by atoms with E-state index < -0.39 is 5.97 Å². The van der Waals surface area contributed by atoms with Crippen LogP contribution in [0.2, 0.25) is 0 Å². The minimum Gasteiger partial charge on any atom is -0.475 e. The van der Waals surface area contributed by atoms with Crippen molar-refractivity contribution >= 4 is 23.6 Å². The minimum absolute atomic E-state index is 0.0310. The summed E-state index contributed by atoms with van der Waals surface area (Å²) < 4.78 is 5.10. The number of hydrogen-bond acceptors (Lipinski definition) is 4. The van der Waals surface area contributed by atoms with Crippen molar-refractivity contribution in [3.05, 3.63) is 17.9 Å². The first kappa shape index (κ1) is 12.0. The molecule has 0 aliphatic heterocycles. The molecule has 4 nitrogen and oxygen atoms in total. The summed E-state index contributed by atoms with van der Waals surface area (Å²) in [6.45, 7) is 2.08. The molecule has 2 N–H and O–H groups in total. The standard InChI is InChI=1S/C10H15NO3S/c1-3-7(6-15-2)11-9-5-4-8(14-9)10(12)13/h4-5,7,11H,3,6H2,1-2H3,(H,12,13). The number of carboxylic acids is 1. The van der Waals surface area contributed by atoms with E-state index in [0.29, 0.717) is 11.9 Å². The maximum atomic E-state index is 10.6. The largest absolute Gasteiger partial charge is 0.475 e. The third-order valence-corrected chi connectivity index (χ3v) is 2.76. The fourth-order valence-corrected chi connectivity index (χ4v) is 1.92. The van der Waals surface area contributed by atoms with Crippen molar-refractivity contribution in [1.82, 2.24) is 0 Å². The Morgan fingerprint density at radius 2 is 2.40 bits per heavy atom. The summed E-state index contributed by atoms with van der Waals surface area (Å²) >= 11 is 1.75. The van der Waals surface area contributed by atoms with Gasteiger partial charge in [-0.3, -0.25) is 0 Å². The highest BCUT2D eigenvalue weighted by atomic mass is 32.2. The van der Waals surface area contributed by atoms with Crippen LogP contribution in [0.5, 0.6) is 0 Å². The lowest BCUT2D eigenvalue weighted by molar-refractivity contribution is 0.0663. The molecule has 0 bridgehead atoms. The number of anilines is 1. The van der Waals surface area contributed by atoms with Crippen molar-refractivity contribution in [1.29, 1.82) is 0 Å². The molecule has 1 rings (SSSR count). The summed E-state index contributed by atoms with van der Waals surface area (Å²) in [6, 6.07) is 3.41. The zero-order chi connectivity index (χ0) is 11.3. The van der Waals surface area contributed by atoms with E-state index in [-0.39, 0.29) is 5.76 Å². The highest BCUT2D eigenvalue weighted by Gasteiger charge is 2.11. The van der Waals surface area contributed by atoms with Gasteiger partial charge in [0.05, 0.1) is 0 Å². The highest BCUT2D eigenvalue weighted by molar-refractivity contribution is 7.98. The first-order valence-corrected chi connectivity index (χ1v) is 6.15. The predicted octanol–water partition coefficient (Wildman–Crippen LogP) is 2.53. The van der Waals surface area contributed by atoms with E-state index in [2.05, 4.69) is 12.2 Å². The summed E-state index contributed by atoms with van der Waals surface area (Å²) in [7, 11) is 0. The van der Waals surface area contributed by atoms with Crippen molar-refractivity contribution < 1.29 is 14.3 Å². The normalized spacial score (nSPS) is 12.4. The third kappa shape index (κ3) is 3.51. The van der Waals surface area contributed by atoms with Gasteiger partial charge in [0.15, 0.2) is 5.88 Å². The van der Waals surface area contributed by atoms with Crippen LogP contribution < -0.4 is 5.32 Å². The molecule has 0 radical (unpaired) electrons.